The molecular formula is C25H31N5O10S2. The van der Waals surface area contributed by atoms with E-state index in [1.807, 2.05) is 6.92 Å². The number of benzene rings is 1. The Morgan fingerprint density at radius 2 is 1.95 bits per heavy atom. The van der Waals surface area contributed by atoms with E-state index in [9.17, 15) is 27.9 Å². The van der Waals surface area contributed by atoms with E-state index in [0.29, 0.717) is 22.9 Å². The number of carboxylic acids is 1. The standard InChI is InChI=1S/C25H31N5O10S2/c1-4-5-6-17(26)14-7-9-15(10-8-14)38-12-20(23(33)34)39-29-21(18-13-41-24(27)28-18)19(31)11-16-22(32)30(25(16,2)3)40-42(35,36)37/h7-10,13,16,20,26H,4-6,11-12H2,1-3H3,(H2,27,28)(H,33,34)(H,35,36,37)/b26-17?,29-21-/t16-,20?/m1/s1. The number of thiazole rings is 1. The van der Waals surface area contributed by atoms with Crippen molar-refractivity contribution < 1.29 is 46.3 Å². The molecule has 1 amide bonds. The summed E-state index contributed by atoms with van der Waals surface area (Å²) < 4.78 is 40.9. The number of ether oxygens (including phenoxy) is 1. The summed E-state index contributed by atoms with van der Waals surface area (Å²) in [6.07, 6.45) is 0.352. The summed E-state index contributed by atoms with van der Waals surface area (Å²) in [5.74, 6) is -3.84. The van der Waals surface area contributed by atoms with Crippen molar-refractivity contribution >= 4 is 56.0 Å². The number of nitrogens with zero attached hydrogens (tertiary/aromatic N) is 3. The molecule has 228 valence electrons. The summed E-state index contributed by atoms with van der Waals surface area (Å²) in [6.45, 7) is 4.39. The van der Waals surface area contributed by atoms with Gasteiger partial charge in [-0.3, -0.25) is 14.1 Å². The van der Waals surface area contributed by atoms with Crippen LogP contribution in [0.3, 0.4) is 0 Å². The minimum Gasteiger partial charge on any atom is -0.489 e. The van der Waals surface area contributed by atoms with E-state index in [-0.39, 0.29) is 10.8 Å². The Kier molecular flexibility index (Phi) is 10.4. The largest absolute Gasteiger partial charge is 0.489 e. The highest BCUT2D eigenvalue weighted by Gasteiger charge is 2.57. The average molecular weight is 626 g/mol. The number of β-lactam (4-membered cyclic amide) rings is 1. The number of carbonyl (C=O) groups is 3. The molecule has 1 unspecified atom stereocenters. The van der Waals surface area contributed by atoms with E-state index in [0.717, 1.165) is 29.7 Å². The molecular weight excluding hydrogens is 594 g/mol. The molecule has 15 nitrogen and oxygen atoms in total. The number of nitrogens with one attached hydrogen (secondary N) is 1. The van der Waals surface area contributed by atoms with Crippen molar-refractivity contribution in [2.24, 2.45) is 11.1 Å². The molecule has 42 heavy (non-hydrogen) atoms. The number of rotatable bonds is 16. The highest BCUT2D eigenvalue weighted by atomic mass is 32.3. The number of unbranched alkanes of at least 4 members (excludes halogenated alkanes) is 1. The van der Waals surface area contributed by atoms with Crippen LogP contribution in [0.1, 0.15) is 57.7 Å². The molecule has 3 rings (SSSR count). The van der Waals surface area contributed by atoms with Crippen LogP contribution in [0.15, 0.2) is 34.8 Å². The SMILES string of the molecule is CCCCC(=N)c1ccc(OCC(O/N=C(\C(=O)C[C@@H]2C(=O)N(OS(=O)(=O)O)C2(C)C)c2csc(N)n2)C(=O)O)cc1. The first-order chi connectivity index (χ1) is 19.6. The normalized spacial score (nSPS) is 17.3. The van der Waals surface area contributed by atoms with E-state index in [1.54, 1.807) is 24.3 Å². The maximum atomic E-state index is 13.2. The number of oxime groups is 1. The number of carbonyl (C=O) groups excluding carboxylic acids is 2. The van der Waals surface area contributed by atoms with Gasteiger partial charge in [0.15, 0.2) is 16.6 Å². The average Bonchev–Trinajstić information content (AvgIpc) is 3.35. The predicted octanol–water partition coefficient (Wildman–Crippen LogP) is 2.47. The first-order valence-corrected chi connectivity index (χ1v) is 14.9. The van der Waals surface area contributed by atoms with Crippen LogP contribution in [0.25, 0.3) is 0 Å². The second-order valence-corrected chi connectivity index (χ2v) is 11.7. The van der Waals surface area contributed by atoms with Gasteiger partial charge in [0.1, 0.15) is 18.1 Å². The van der Waals surface area contributed by atoms with Crippen LogP contribution < -0.4 is 10.5 Å². The lowest BCUT2D eigenvalue weighted by Crippen LogP contribution is -2.68. The lowest BCUT2D eigenvalue weighted by Gasteiger charge is -2.50. The number of Topliss-reactive ketones (excluding diaryl/α,β-unsaturated/α-hetero) is 1. The van der Waals surface area contributed by atoms with Gasteiger partial charge in [-0.05, 0) is 56.5 Å². The third-order valence-electron chi connectivity index (χ3n) is 6.39. The lowest BCUT2D eigenvalue weighted by molar-refractivity contribution is -0.228. The Bertz CT molecular complexity index is 1470. The zero-order valence-corrected chi connectivity index (χ0v) is 24.6. The Morgan fingerprint density at radius 1 is 1.29 bits per heavy atom. The van der Waals surface area contributed by atoms with Crippen molar-refractivity contribution in [3.05, 3.63) is 40.9 Å². The van der Waals surface area contributed by atoms with Gasteiger partial charge in [-0.1, -0.05) is 18.5 Å². The molecule has 1 aliphatic heterocycles. The van der Waals surface area contributed by atoms with Gasteiger partial charge < -0.3 is 25.8 Å². The first-order valence-electron chi connectivity index (χ1n) is 12.7. The van der Waals surface area contributed by atoms with E-state index < -0.39 is 64.4 Å². The topological polar surface area (TPSA) is 232 Å². The molecule has 1 fully saturated rings. The van der Waals surface area contributed by atoms with Crippen molar-refractivity contribution in [3.8, 4) is 5.75 Å². The number of aromatic nitrogens is 1. The number of anilines is 1. The summed E-state index contributed by atoms with van der Waals surface area (Å²) in [4.78, 5) is 46.7. The van der Waals surface area contributed by atoms with E-state index >= 15 is 0 Å². The lowest BCUT2D eigenvalue weighted by atomic mass is 9.74. The van der Waals surface area contributed by atoms with Crippen LogP contribution in [0.4, 0.5) is 5.13 Å². The van der Waals surface area contributed by atoms with Gasteiger partial charge in [0.2, 0.25) is 0 Å². The third-order valence-corrected chi connectivity index (χ3v) is 7.40. The zero-order chi connectivity index (χ0) is 31.2. The summed E-state index contributed by atoms with van der Waals surface area (Å²) in [7, 11) is -4.98. The number of nitrogen functional groups attached to an aromatic ring is 1. The van der Waals surface area contributed by atoms with Gasteiger partial charge in [0, 0.05) is 17.5 Å². The number of amides is 1. The molecule has 2 aromatic rings. The number of aliphatic carboxylic acids is 1. The van der Waals surface area contributed by atoms with Gasteiger partial charge in [0.05, 0.1) is 11.5 Å². The van der Waals surface area contributed by atoms with Crippen LogP contribution in [0.5, 0.6) is 5.75 Å². The van der Waals surface area contributed by atoms with Crippen LogP contribution in [0.2, 0.25) is 0 Å². The molecule has 1 saturated heterocycles. The number of hydrogen-bond acceptors (Lipinski definition) is 13. The monoisotopic (exact) mass is 625 g/mol. The van der Waals surface area contributed by atoms with E-state index in [4.69, 9.17) is 25.3 Å². The fraction of sp³-hybridized carbons (Fsp3) is 0.440. The minimum atomic E-state index is -4.98. The summed E-state index contributed by atoms with van der Waals surface area (Å²) in [5.41, 5.74) is 5.14. The van der Waals surface area contributed by atoms with Crippen LogP contribution >= 0.6 is 11.3 Å². The van der Waals surface area contributed by atoms with Crippen LogP contribution in [-0.2, 0) is 33.9 Å². The van der Waals surface area contributed by atoms with Crippen LogP contribution in [0, 0.1) is 11.3 Å². The molecule has 0 radical (unpaired) electrons. The van der Waals surface area contributed by atoms with E-state index in [1.165, 1.54) is 19.2 Å². The molecule has 0 spiro atoms. The van der Waals surface area contributed by atoms with Gasteiger partial charge in [-0.25, -0.2) is 9.78 Å². The fourth-order valence-corrected chi connectivity index (χ4v) is 4.97. The minimum absolute atomic E-state index is 0.0238. The van der Waals surface area contributed by atoms with Crippen LogP contribution in [-0.4, -0.2) is 75.5 Å². The second-order valence-electron chi connectivity index (χ2n) is 9.83. The molecule has 17 heteroatoms. The summed E-state index contributed by atoms with van der Waals surface area (Å²) in [6, 6.07) is 6.57. The zero-order valence-electron chi connectivity index (χ0n) is 23.0. The number of carboxylic acid groups (broad SMARTS) is 1. The molecule has 1 aromatic heterocycles. The Hall–Kier alpha value is -3.93. The highest BCUT2D eigenvalue weighted by Crippen LogP contribution is 2.40. The fourth-order valence-electron chi connectivity index (χ4n) is 3.97. The number of ketones is 1. The third kappa shape index (κ3) is 8.09. The van der Waals surface area contributed by atoms with Crippen molar-refractivity contribution in [1.29, 1.82) is 5.41 Å². The summed E-state index contributed by atoms with van der Waals surface area (Å²) in [5, 5.41) is 23.4. The van der Waals surface area contributed by atoms with Crippen molar-refractivity contribution in [1.82, 2.24) is 10.0 Å². The molecule has 0 aliphatic carbocycles. The van der Waals surface area contributed by atoms with Crippen molar-refractivity contribution in [2.45, 2.75) is 58.1 Å². The molecule has 2 atom stereocenters. The molecule has 2 heterocycles. The van der Waals surface area contributed by atoms with Crippen molar-refractivity contribution in [2.75, 3.05) is 12.3 Å². The molecule has 1 aliphatic rings. The predicted molar refractivity (Wildman–Crippen MR) is 151 cm³/mol. The maximum absolute atomic E-state index is 13.2. The number of hydrogen-bond donors (Lipinski definition) is 4. The van der Waals surface area contributed by atoms with Gasteiger partial charge in [-0.2, -0.15) is 13.5 Å². The summed E-state index contributed by atoms with van der Waals surface area (Å²) >= 11 is 0.984. The maximum Gasteiger partial charge on any atom is 0.418 e. The number of nitrogens with two attached hydrogens (primary N) is 1. The van der Waals surface area contributed by atoms with E-state index in [2.05, 4.69) is 14.4 Å². The molecule has 0 saturated carbocycles. The smallest absolute Gasteiger partial charge is 0.418 e. The van der Waals surface area contributed by atoms with Gasteiger partial charge >= 0.3 is 16.4 Å². The first kappa shape index (κ1) is 32.6. The molecule has 5 N–H and O–H groups in total. The molecule has 0 bridgehead atoms. The number of hydroxylamine groups is 2. The Morgan fingerprint density at radius 3 is 2.48 bits per heavy atom. The Balaban J connectivity index is 1.72. The Labute approximate surface area is 245 Å². The van der Waals surface area contributed by atoms with Gasteiger partial charge in [-0.15, -0.1) is 15.6 Å². The second kappa shape index (κ2) is 13.4. The van der Waals surface area contributed by atoms with Gasteiger partial charge in [0.25, 0.3) is 12.0 Å². The highest BCUT2D eigenvalue weighted by molar-refractivity contribution is 7.80. The van der Waals surface area contributed by atoms with Crippen molar-refractivity contribution in [3.63, 3.8) is 0 Å². The quantitative estimate of drug-likeness (QED) is 0.0912. The molecule has 1 aromatic carbocycles.